The molecular formula is C21H21N5O. The predicted molar refractivity (Wildman–Crippen MR) is 106 cm³/mol. The molecule has 0 unspecified atom stereocenters. The zero-order valence-corrected chi connectivity index (χ0v) is 15.1. The van der Waals surface area contributed by atoms with Crippen LogP contribution in [0, 0.1) is 0 Å². The minimum Gasteiger partial charge on any atom is -0.350 e. The number of hydrogen-bond acceptors (Lipinski definition) is 3. The van der Waals surface area contributed by atoms with Crippen molar-refractivity contribution in [3.8, 4) is 11.4 Å². The number of para-hydroxylation sites is 1. The summed E-state index contributed by atoms with van der Waals surface area (Å²) >= 11 is 0. The maximum Gasteiger partial charge on any atom is 0.224 e. The van der Waals surface area contributed by atoms with Crippen LogP contribution in [0.25, 0.3) is 22.3 Å². The van der Waals surface area contributed by atoms with Crippen molar-refractivity contribution in [2.24, 2.45) is 7.05 Å². The molecule has 0 saturated heterocycles. The van der Waals surface area contributed by atoms with E-state index in [1.807, 2.05) is 30.3 Å². The van der Waals surface area contributed by atoms with Crippen LogP contribution in [-0.4, -0.2) is 25.7 Å². The van der Waals surface area contributed by atoms with Crippen LogP contribution in [0.1, 0.15) is 18.4 Å². The maximum absolute atomic E-state index is 12.3. The minimum absolute atomic E-state index is 0.0185. The number of benzene rings is 2. The Hall–Kier alpha value is -3.41. The zero-order chi connectivity index (χ0) is 18.6. The second kappa shape index (κ2) is 7.45. The van der Waals surface area contributed by atoms with E-state index in [0.29, 0.717) is 12.2 Å². The lowest BCUT2D eigenvalue weighted by Crippen LogP contribution is -2.11. The van der Waals surface area contributed by atoms with Gasteiger partial charge in [0.25, 0.3) is 0 Å². The highest BCUT2D eigenvalue weighted by Crippen LogP contribution is 2.22. The maximum atomic E-state index is 12.3. The molecule has 6 nitrogen and oxygen atoms in total. The van der Waals surface area contributed by atoms with E-state index in [0.717, 1.165) is 24.1 Å². The van der Waals surface area contributed by atoms with Crippen molar-refractivity contribution < 1.29 is 4.79 Å². The third-order valence-electron chi connectivity index (χ3n) is 4.66. The fourth-order valence-corrected chi connectivity index (χ4v) is 3.38. The minimum atomic E-state index is 0.0185. The summed E-state index contributed by atoms with van der Waals surface area (Å²) in [5.74, 6) is 0.701. The zero-order valence-electron chi connectivity index (χ0n) is 15.1. The number of aromatic amines is 1. The Balaban J connectivity index is 1.35. The molecule has 2 aromatic carbocycles. The quantitative estimate of drug-likeness (QED) is 0.548. The summed E-state index contributed by atoms with van der Waals surface area (Å²) in [6.45, 7) is 0. The van der Waals surface area contributed by atoms with Gasteiger partial charge in [-0.25, -0.2) is 4.98 Å². The van der Waals surface area contributed by atoms with E-state index in [2.05, 4.69) is 56.5 Å². The van der Waals surface area contributed by atoms with Crippen LogP contribution in [0.2, 0.25) is 0 Å². The topological polar surface area (TPSA) is 75.6 Å². The Morgan fingerprint density at radius 3 is 2.93 bits per heavy atom. The second-order valence-corrected chi connectivity index (χ2v) is 6.60. The first-order valence-corrected chi connectivity index (χ1v) is 8.99. The van der Waals surface area contributed by atoms with Gasteiger partial charge in [-0.2, -0.15) is 5.10 Å². The normalized spacial score (nSPS) is 11.0. The lowest BCUT2D eigenvalue weighted by Gasteiger charge is -2.06. The van der Waals surface area contributed by atoms with Gasteiger partial charge in [0.15, 0.2) is 5.82 Å². The number of aromatic nitrogens is 4. The predicted octanol–water partition coefficient (Wildman–Crippen LogP) is 3.92. The summed E-state index contributed by atoms with van der Waals surface area (Å²) in [6, 6.07) is 15.9. The van der Waals surface area contributed by atoms with Gasteiger partial charge in [0.05, 0.1) is 0 Å². The molecule has 2 aromatic heterocycles. The molecule has 0 aliphatic carbocycles. The summed E-state index contributed by atoms with van der Waals surface area (Å²) in [5.41, 5.74) is 4.16. The number of carbonyl (C=O) groups excluding carboxylic acids is 1. The van der Waals surface area contributed by atoms with Crippen LogP contribution < -0.4 is 5.32 Å². The molecule has 2 N–H and O–H groups in total. The largest absolute Gasteiger partial charge is 0.350 e. The van der Waals surface area contributed by atoms with E-state index in [1.54, 1.807) is 0 Å². The summed E-state index contributed by atoms with van der Waals surface area (Å²) in [5, 5.41) is 10.9. The van der Waals surface area contributed by atoms with Crippen LogP contribution in [-0.2, 0) is 18.3 Å². The highest BCUT2D eigenvalue weighted by atomic mass is 16.1. The van der Waals surface area contributed by atoms with E-state index in [1.165, 1.54) is 22.8 Å². The van der Waals surface area contributed by atoms with Crippen molar-refractivity contribution >= 4 is 22.5 Å². The molecule has 0 saturated carbocycles. The number of fused-ring (bicyclic) bond motifs is 1. The van der Waals surface area contributed by atoms with Gasteiger partial charge in [-0.3, -0.25) is 9.89 Å². The second-order valence-electron chi connectivity index (χ2n) is 6.60. The molecule has 0 fully saturated rings. The highest BCUT2D eigenvalue weighted by molar-refractivity contribution is 5.91. The van der Waals surface area contributed by atoms with Gasteiger partial charge < -0.3 is 9.88 Å². The fourth-order valence-electron chi connectivity index (χ4n) is 3.38. The smallest absolute Gasteiger partial charge is 0.224 e. The van der Waals surface area contributed by atoms with Crippen molar-refractivity contribution in [2.45, 2.75) is 19.3 Å². The van der Waals surface area contributed by atoms with Gasteiger partial charge >= 0.3 is 0 Å². The van der Waals surface area contributed by atoms with Gasteiger partial charge in [0, 0.05) is 41.8 Å². The molecule has 4 aromatic rings. The third kappa shape index (κ3) is 3.74. The Kier molecular flexibility index (Phi) is 4.70. The number of nitrogens with zero attached hydrogens (tertiary/aromatic N) is 3. The summed E-state index contributed by atoms with van der Waals surface area (Å²) in [6.07, 6.45) is 5.79. The van der Waals surface area contributed by atoms with Gasteiger partial charge in [-0.15, -0.1) is 0 Å². The number of H-pyrrole nitrogens is 1. The third-order valence-corrected chi connectivity index (χ3v) is 4.66. The van der Waals surface area contributed by atoms with Gasteiger partial charge in [-0.1, -0.05) is 30.3 Å². The number of hydrogen-bond donors (Lipinski definition) is 2. The molecule has 0 spiro atoms. The molecule has 0 bridgehead atoms. The highest BCUT2D eigenvalue weighted by Gasteiger charge is 2.08. The molecule has 4 rings (SSSR count). The standard InChI is InChI=1S/C21H21N5O/c1-26-13-16(18-9-2-3-10-19(18)26)7-5-11-20(27)24-17-8-4-6-15(12-17)21-22-14-23-25-21/h2-4,6,8-10,12-14H,5,7,11H2,1H3,(H,24,27)(H,22,23,25). The molecule has 0 aliphatic heterocycles. The fraction of sp³-hybridized carbons (Fsp3) is 0.190. The number of amides is 1. The monoisotopic (exact) mass is 359 g/mol. The van der Waals surface area contributed by atoms with Crippen LogP contribution in [0.15, 0.2) is 61.1 Å². The van der Waals surface area contributed by atoms with E-state index in [9.17, 15) is 4.79 Å². The number of rotatable bonds is 6. The Morgan fingerprint density at radius 2 is 2.07 bits per heavy atom. The van der Waals surface area contributed by atoms with Crippen molar-refractivity contribution in [1.82, 2.24) is 19.7 Å². The summed E-state index contributed by atoms with van der Waals surface area (Å²) < 4.78 is 2.14. The molecule has 2 heterocycles. The summed E-state index contributed by atoms with van der Waals surface area (Å²) in [7, 11) is 2.06. The van der Waals surface area contributed by atoms with E-state index < -0.39 is 0 Å². The Labute approximate surface area is 157 Å². The molecule has 0 aliphatic rings. The van der Waals surface area contributed by atoms with E-state index in [-0.39, 0.29) is 5.91 Å². The first-order valence-electron chi connectivity index (χ1n) is 8.99. The van der Waals surface area contributed by atoms with Crippen LogP contribution in [0.3, 0.4) is 0 Å². The van der Waals surface area contributed by atoms with E-state index >= 15 is 0 Å². The molecule has 27 heavy (non-hydrogen) atoms. The van der Waals surface area contributed by atoms with Crippen LogP contribution in [0.5, 0.6) is 0 Å². The van der Waals surface area contributed by atoms with Crippen molar-refractivity contribution in [2.75, 3.05) is 5.32 Å². The van der Waals surface area contributed by atoms with Crippen LogP contribution in [0.4, 0.5) is 5.69 Å². The first-order chi connectivity index (χ1) is 13.2. The number of carbonyl (C=O) groups is 1. The lowest BCUT2D eigenvalue weighted by atomic mass is 10.1. The molecule has 0 radical (unpaired) electrons. The van der Waals surface area contributed by atoms with Crippen molar-refractivity contribution in [3.63, 3.8) is 0 Å². The van der Waals surface area contributed by atoms with Crippen molar-refractivity contribution in [3.05, 3.63) is 66.6 Å². The molecular weight excluding hydrogens is 338 g/mol. The summed E-state index contributed by atoms with van der Waals surface area (Å²) in [4.78, 5) is 16.5. The number of anilines is 1. The average Bonchev–Trinajstić information content (AvgIpc) is 3.31. The first kappa shape index (κ1) is 17.0. The molecule has 136 valence electrons. The molecule has 6 heteroatoms. The SMILES string of the molecule is Cn1cc(CCCC(=O)Nc2cccc(-c3ncn[nH]3)c2)c2ccccc21. The van der Waals surface area contributed by atoms with Crippen molar-refractivity contribution in [1.29, 1.82) is 0 Å². The molecule has 0 atom stereocenters. The lowest BCUT2D eigenvalue weighted by molar-refractivity contribution is -0.116. The average molecular weight is 359 g/mol. The number of aryl methyl sites for hydroxylation is 2. The van der Waals surface area contributed by atoms with Gasteiger partial charge in [-0.05, 0) is 36.6 Å². The van der Waals surface area contributed by atoms with Gasteiger partial charge in [0.1, 0.15) is 6.33 Å². The molecule has 1 amide bonds. The van der Waals surface area contributed by atoms with Crippen LogP contribution >= 0.6 is 0 Å². The Morgan fingerprint density at radius 1 is 1.19 bits per heavy atom. The van der Waals surface area contributed by atoms with Gasteiger partial charge in [0.2, 0.25) is 5.91 Å². The van der Waals surface area contributed by atoms with E-state index in [4.69, 9.17) is 0 Å². The number of nitrogens with one attached hydrogen (secondary N) is 2. The Bertz CT molecular complexity index is 1070.